The van der Waals surface area contributed by atoms with Crippen LogP contribution >= 0.6 is 0 Å². The molecule has 0 radical (unpaired) electrons. The minimum Gasteiger partial charge on any atom is -0.493 e. The zero-order valence-corrected chi connectivity index (χ0v) is 14.3. The number of hydrogen-bond acceptors (Lipinski definition) is 4. The summed E-state index contributed by atoms with van der Waals surface area (Å²) in [4.78, 5) is 8.88. The fraction of sp³-hybridized carbons (Fsp3) is 0.222. The molecule has 0 aliphatic carbocycles. The van der Waals surface area contributed by atoms with Gasteiger partial charge in [-0.2, -0.15) is 0 Å². The molecular formula is C18H21N5O2. The first kappa shape index (κ1) is 16.6. The lowest BCUT2D eigenvalue weighted by molar-refractivity contribution is 0.355. The Kier molecular flexibility index (Phi) is 5.03. The van der Waals surface area contributed by atoms with Crippen LogP contribution in [0.4, 0.5) is 5.69 Å². The molecule has 3 N–H and O–H groups in total. The van der Waals surface area contributed by atoms with E-state index >= 15 is 0 Å². The maximum absolute atomic E-state index is 5.95. The van der Waals surface area contributed by atoms with E-state index in [0.717, 1.165) is 23.4 Å². The van der Waals surface area contributed by atoms with Crippen molar-refractivity contribution in [3.8, 4) is 11.5 Å². The predicted molar refractivity (Wildman–Crippen MR) is 98.6 cm³/mol. The first-order chi connectivity index (χ1) is 12.2. The molecular weight excluding hydrogens is 318 g/mol. The Labute approximate surface area is 146 Å². The second-order valence-electron chi connectivity index (χ2n) is 5.41. The van der Waals surface area contributed by atoms with Gasteiger partial charge in [0.1, 0.15) is 5.65 Å². The first-order valence-corrected chi connectivity index (χ1v) is 7.91. The fourth-order valence-electron chi connectivity index (χ4n) is 2.50. The Morgan fingerprint density at radius 1 is 1.20 bits per heavy atom. The lowest BCUT2D eigenvalue weighted by atomic mass is 10.3. The van der Waals surface area contributed by atoms with Crippen LogP contribution in [-0.2, 0) is 6.42 Å². The van der Waals surface area contributed by atoms with Crippen molar-refractivity contribution in [3.63, 3.8) is 0 Å². The lowest BCUT2D eigenvalue weighted by Crippen LogP contribution is -2.23. The standard InChI is InChI=1S/C18H21N5O2/c1-24-15-7-6-13(11-16(15)25-2)22-18(19)20-9-8-14-12-23-10-4-3-5-17(23)21-14/h3-7,10-12H,8-9H2,1-2H3,(H3,19,20,22). The van der Waals surface area contributed by atoms with Gasteiger partial charge in [0.25, 0.3) is 0 Å². The number of nitrogens with one attached hydrogen (secondary N) is 1. The molecule has 3 rings (SSSR count). The molecule has 0 unspecified atom stereocenters. The summed E-state index contributed by atoms with van der Waals surface area (Å²) in [6, 6.07) is 11.4. The predicted octanol–water partition coefficient (Wildman–Crippen LogP) is 2.32. The van der Waals surface area contributed by atoms with Gasteiger partial charge in [-0.15, -0.1) is 0 Å². The average Bonchev–Trinajstić information content (AvgIpc) is 3.04. The number of anilines is 1. The van der Waals surface area contributed by atoms with Crippen molar-refractivity contribution in [2.75, 3.05) is 26.1 Å². The highest BCUT2D eigenvalue weighted by atomic mass is 16.5. The summed E-state index contributed by atoms with van der Waals surface area (Å²) in [6.45, 7) is 0.552. The molecule has 2 aromatic heterocycles. The minimum absolute atomic E-state index is 0.344. The van der Waals surface area contributed by atoms with Crippen LogP contribution in [0.5, 0.6) is 11.5 Å². The summed E-state index contributed by atoms with van der Waals surface area (Å²) < 4.78 is 12.5. The molecule has 0 aliphatic heterocycles. The summed E-state index contributed by atoms with van der Waals surface area (Å²) in [5, 5.41) is 3.05. The number of rotatable bonds is 6. The number of nitrogens with zero attached hydrogens (tertiary/aromatic N) is 3. The average molecular weight is 339 g/mol. The maximum atomic E-state index is 5.95. The number of guanidine groups is 1. The molecule has 1 aromatic carbocycles. The van der Waals surface area contributed by atoms with E-state index in [-0.39, 0.29) is 0 Å². The number of aliphatic imine (C=N–C) groups is 1. The smallest absolute Gasteiger partial charge is 0.193 e. The number of fused-ring (bicyclic) bond motifs is 1. The molecule has 2 heterocycles. The molecule has 0 fully saturated rings. The third-order valence-electron chi connectivity index (χ3n) is 3.72. The summed E-state index contributed by atoms with van der Waals surface area (Å²) in [5.41, 5.74) is 8.64. The van der Waals surface area contributed by atoms with Gasteiger partial charge in [-0.25, -0.2) is 4.98 Å². The van der Waals surface area contributed by atoms with E-state index < -0.39 is 0 Å². The third kappa shape index (κ3) is 4.00. The van der Waals surface area contributed by atoms with Crippen LogP contribution in [-0.4, -0.2) is 36.1 Å². The number of ether oxygens (including phenoxy) is 2. The number of pyridine rings is 1. The highest BCUT2D eigenvalue weighted by Crippen LogP contribution is 2.29. The van der Waals surface area contributed by atoms with E-state index in [0.29, 0.717) is 24.0 Å². The molecule has 7 nitrogen and oxygen atoms in total. The Bertz CT molecular complexity index is 855. The van der Waals surface area contributed by atoms with Crippen LogP contribution in [0.3, 0.4) is 0 Å². The summed E-state index contributed by atoms with van der Waals surface area (Å²) in [6.07, 6.45) is 4.70. The fourth-order valence-corrected chi connectivity index (χ4v) is 2.50. The Balaban J connectivity index is 1.60. The van der Waals surface area contributed by atoms with Crippen LogP contribution < -0.4 is 20.5 Å². The maximum Gasteiger partial charge on any atom is 0.193 e. The molecule has 0 amide bonds. The SMILES string of the molecule is COc1ccc(NC(N)=NCCc2cn3ccccc3n2)cc1OC. The van der Waals surface area contributed by atoms with Crippen molar-refractivity contribution < 1.29 is 9.47 Å². The third-order valence-corrected chi connectivity index (χ3v) is 3.72. The highest BCUT2D eigenvalue weighted by molar-refractivity contribution is 5.92. The summed E-state index contributed by atoms with van der Waals surface area (Å²) in [7, 11) is 3.19. The van der Waals surface area contributed by atoms with E-state index in [4.69, 9.17) is 15.2 Å². The van der Waals surface area contributed by atoms with Gasteiger partial charge in [0, 0.05) is 37.1 Å². The van der Waals surface area contributed by atoms with Gasteiger partial charge in [0.15, 0.2) is 17.5 Å². The van der Waals surface area contributed by atoms with Gasteiger partial charge in [-0.3, -0.25) is 4.99 Å². The van der Waals surface area contributed by atoms with Crippen LogP contribution in [0, 0.1) is 0 Å². The second-order valence-corrected chi connectivity index (χ2v) is 5.41. The normalized spacial score (nSPS) is 11.5. The monoisotopic (exact) mass is 339 g/mol. The second kappa shape index (κ2) is 7.57. The Hall–Kier alpha value is -3.22. The van der Waals surface area contributed by atoms with Crippen LogP contribution in [0.1, 0.15) is 5.69 Å². The van der Waals surface area contributed by atoms with Crippen molar-refractivity contribution in [2.24, 2.45) is 10.7 Å². The van der Waals surface area contributed by atoms with Gasteiger partial charge in [0.05, 0.1) is 19.9 Å². The van der Waals surface area contributed by atoms with E-state index in [1.807, 2.05) is 53.2 Å². The van der Waals surface area contributed by atoms with Crippen LogP contribution in [0.15, 0.2) is 53.8 Å². The van der Waals surface area contributed by atoms with Crippen molar-refractivity contribution in [1.82, 2.24) is 9.38 Å². The molecule has 0 saturated carbocycles. The van der Waals surface area contributed by atoms with Gasteiger partial charge in [-0.05, 0) is 24.3 Å². The van der Waals surface area contributed by atoms with Crippen molar-refractivity contribution >= 4 is 17.3 Å². The number of benzene rings is 1. The van der Waals surface area contributed by atoms with Crippen LogP contribution in [0.25, 0.3) is 5.65 Å². The highest BCUT2D eigenvalue weighted by Gasteiger charge is 2.05. The lowest BCUT2D eigenvalue weighted by Gasteiger charge is -2.10. The number of imidazole rings is 1. The van der Waals surface area contributed by atoms with Gasteiger partial charge in [0.2, 0.25) is 0 Å². The van der Waals surface area contributed by atoms with Gasteiger partial charge >= 0.3 is 0 Å². The molecule has 7 heteroatoms. The molecule has 0 saturated heterocycles. The van der Waals surface area contributed by atoms with E-state index in [1.54, 1.807) is 14.2 Å². The Morgan fingerprint density at radius 3 is 2.80 bits per heavy atom. The molecule has 0 bridgehead atoms. The van der Waals surface area contributed by atoms with Crippen molar-refractivity contribution in [1.29, 1.82) is 0 Å². The molecule has 0 aliphatic rings. The summed E-state index contributed by atoms with van der Waals surface area (Å²) >= 11 is 0. The van der Waals surface area contributed by atoms with E-state index in [1.165, 1.54) is 0 Å². The number of aromatic nitrogens is 2. The minimum atomic E-state index is 0.344. The van der Waals surface area contributed by atoms with Crippen molar-refractivity contribution in [3.05, 3.63) is 54.5 Å². The van der Waals surface area contributed by atoms with Gasteiger partial charge in [-0.1, -0.05) is 6.07 Å². The van der Waals surface area contributed by atoms with Crippen LogP contribution in [0.2, 0.25) is 0 Å². The Morgan fingerprint density at radius 2 is 2.04 bits per heavy atom. The largest absolute Gasteiger partial charge is 0.493 e. The van der Waals surface area contributed by atoms with Gasteiger partial charge < -0.3 is 24.9 Å². The van der Waals surface area contributed by atoms with E-state index in [9.17, 15) is 0 Å². The topological polar surface area (TPSA) is 86.2 Å². The summed E-state index contributed by atoms with van der Waals surface area (Å²) in [5.74, 6) is 1.64. The molecule has 25 heavy (non-hydrogen) atoms. The number of nitrogens with two attached hydrogens (primary N) is 1. The zero-order valence-electron chi connectivity index (χ0n) is 14.3. The molecule has 0 atom stereocenters. The molecule has 3 aromatic rings. The number of methoxy groups -OCH3 is 2. The quantitative estimate of drug-likeness (QED) is 0.532. The first-order valence-electron chi connectivity index (χ1n) is 7.91. The molecule has 0 spiro atoms. The zero-order chi connectivity index (χ0) is 17.6. The van der Waals surface area contributed by atoms with E-state index in [2.05, 4.69) is 15.3 Å². The molecule has 130 valence electrons. The number of hydrogen-bond donors (Lipinski definition) is 2. The van der Waals surface area contributed by atoms with Crippen molar-refractivity contribution in [2.45, 2.75) is 6.42 Å².